The molecule has 0 spiro atoms. The van der Waals surface area contributed by atoms with Gasteiger partial charge in [-0.25, -0.2) is 17.7 Å². The molecule has 0 aliphatic carbocycles. The van der Waals surface area contributed by atoms with Crippen LogP contribution < -0.4 is 9.80 Å². The summed E-state index contributed by atoms with van der Waals surface area (Å²) in [5.74, 6) is 1.42. The van der Waals surface area contributed by atoms with E-state index in [1.165, 1.54) is 10.6 Å². The van der Waals surface area contributed by atoms with Gasteiger partial charge in [-0.3, -0.25) is 9.59 Å². The second kappa shape index (κ2) is 13.6. The van der Waals surface area contributed by atoms with Crippen LogP contribution in [-0.4, -0.2) is 79.9 Å². The highest BCUT2D eigenvalue weighted by Gasteiger charge is 2.29. The summed E-state index contributed by atoms with van der Waals surface area (Å²) in [6.07, 6.45) is 6.02. The van der Waals surface area contributed by atoms with Gasteiger partial charge in [-0.05, 0) is 54.9 Å². The van der Waals surface area contributed by atoms with Crippen molar-refractivity contribution in [2.24, 2.45) is 11.8 Å². The van der Waals surface area contributed by atoms with Gasteiger partial charge in [0, 0.05) is 70.5 Å². The third kappa shape index (κ3) is 8.04. The van der Waals surface area contributed by atoms with Gasteiger partial charge in [0.2, 0.25) is 21.8 Å². The van der Waals surface area contributed by atoms with E-state index in [2.05, 4.69) is 23.7 Å². The number of fused-ring (bicyclic) bond motifs is 1. The number of carbonyl (C=O) groups is 2. The van der Waals surface area contributed by atoms with Crippen LogP contribution in [0.5, 0.6) is 0 Å². The number of hydrogen-bond donors (Lipinski definition) is 0. The van der Waals surface area contributed by atoms with Crippen LogP contribution in [0, 0.1) is 11.8 Å². The lowest BCUT2D eigenvalue weighted by Gasteiger charge is -2.32. The summed E-state index contributed by atoms with van der Waals surface area (Å²) in [6.45, 7) is 7.93. The zero-order chi connectivity index (χ0) is 28.7. The smallest absolute Gasteiger partial charge is 0.227 e. The first-order valence-electron chi connectivity index (χ1n) is 14.4. The van der Waals surface area contributed by atoms with Crippen LogP contribution >= 0.6 is 0 Å². The van der Waals surface area contributed by atoms with E-state index in [1.807, 2.05) is 52.3 Å². The van der Waals surface area contributed by atoms with E-state index in [1.54, 1.807) is 6.20 Å². The van der Waals surface area contributed by atoms with Crippen LogP contribution in [0.25, 0.3) is 0 Å². The maximum Gasteiger partial charge on any atom is 0.227 e. The maximum absolute atomic E-state index is 13.8. The Hall–Kier alpha value is -2.98. The van der Waals surface area contributed by atoms with Gasteiger partial charge in [-0.1, -0.05) is 38.1 Å². The molecular weight excluding hydrogens is 526 g/mol. The molecule has 1 saturated heterocycles. The normalized spacial score (nSPS) is 18.4. The number of piperidine rings is 1. The fourth-order valence-corrected chi connectivity index (χ4v) is 6.48. The molecule has 1 fully saturated rings. The van der Waals surface area contributed by atoms with Crippen molar-refractivity contribution >= 4 is 33.3 Å². The second-order valence-electron chi connectivity index (χ2n) is 11.4. The Kier molecular flexibility index (Phi) is 10.2. The molecule has 2 aliphatic rings. The number of rotatable bonds is 6. The first-order chi connectivity index (χ1) is 19.1. The maximum atomic E-state index is 13.8. The lowest BCUT2D eigenvalue weighted by atomic mass is 9.94. The summed E-state index contributed by atoms with van der Waals surface area (Å²) in [7, 11) is -3.21. The molecule has 1 aromatic carbocycles. The number of hydrogen-bond acceptors (Lipinski definition) is 6. The molecule has 0 atom stereocenters. The van der Waals surface area contributed by atoms with Gasteiger partial charge in [0.15, 0.2) is 0 Å². The molecule has 0 saturated carbocycles. The minimum Gasteiger partial charge on any atom is -0.355 e. The van der Waals surface area contributed by atoms with Gasteiger partial charge in [-0.15, -0.1) is 0 Å². The number of carbonyl (C=O) groups excluding carboxylic acids is 2. The molecule has 3 heterocycles. The molecule has 0 N–H and O–H groups in total. The van der Waals surface area contributed by atoms with Gasteiger partial charge in [0.05, 0.1) is 6.26 Å². The van der Waals surface area contributed by atoms with E-state index in [0.717, 1.165) is 30.0 Å². The van der Waals surface area contributed by atoms with Gasteiger partial charge in [-0.2, -0.15) is 0 Å². The summed E-state index contributed by atoms with van der Waals surface area (Å²) in [5.41, 5.74) is 1.84. The van der Waals surface area contributed by atoms with E-state index in [-0.39, 0.29) is 23.7 Å². The van der Waals surface area contributed by atoms with E-state index in [4.69, 9.17) is 0 Å². The summed E-state index contributed by atoms with van der Waals surface area (Å²) in [6, 6.07) is 13.8. The number of nitrogens with zero attached hydrogens (tertiary/aromatic N) is 5. The molecule has 2 amide bonds. The monoisotopic (exact) mass is 569 g/mol. The summed E-state index contributed by atoms with van der Waals surface area (Å²) in [5, 5.41) is 0. The molecular formula is C30H43N5O4S. The topological polar surface area (TPSA) is 94.1 Å². The van der Waals surface area contributed by atoms with E-state index >= 15 is 0 Å². The largest absolute Gasteiger partial charge is 0.355 e. The molecule has 4 rings (SSSR count). The zero-order valence-corrected chi connectivity index (χ0v) is 24.9. The molecule has 9 nitrogen and oxygen atoms in total. The number of para-hydroxylation sites is 1. The lowest BCUT2D eigenvalue weighted by molar-refractivity contribution is -0.133. The van der Waals surface area contributed by atoms with Crippen LogP contribution in [0.2, 0.25) is 0 Å². The molecule has 0 unspecified atom stereocenters. The highest BCUT2D eigenvalue weighted by Crippen LogP contribution is 2.27. The minimum absolute atomic E-state index is 0.0629. The van der Waals surface area contributed by atoms with Crippen molar-refractivity contribution in [1.29, 1.82) is 0 Å². The predicted molar refractivity (Wildman–Crippen MR) is 158 cm³/mol. The molecule has 40 heavy (non-hydrogen) atoms. The molecule has 2 aromatic rings. The molecule has 0 radical (unpaired) electrons. The van der Waals surface area contributed by atoms with Crippen LogP contribution in [-0.2, 0) is 26.2 Å². The van der Waals surface area contributed by atoms with E-state index in [0.29, 0.717) is 65.0 Å². The highest BCUT2D eigenvalue weighted by molar-refractivity contribution is 7.88. The van der Waals surface area contributed by atoms with Gasteiger partial charge in [0.1, 0.15) is 5.82 Å². The number of benzene rings is 1. The Bertz CT molecular complexity index is 1250. The minimum atomic E-state index is -3.21. The Morgan fingerprint density at radius 1 is 0.925 bits per heavy atom. The van der Waals surface area contributed by atoms with E-state index in [9.17, 15) is 18.0 Å². The molecule has 10 heteroatoms. The quantitative estimate of drug-likeness (QED) is 0.526. The number of sulfonamides is 1. The summed E-state index contributed by atoms with van der Waals surface area (Å²) >= 11 is 0. The fraction of sp³-hybridized carbons (Fsp3) is 0.567. The second-order valence-corrected chi connectivity index (χ2v) is 13.4. The molecule has 2 aliphatic heterocycles. The van der Waals surface area contributed by atoms with Gasteiger partial charge < -0.3 is 14.7 Å². The van der Waals surface area contributed by atoms with Gasteiger partial charge in [0.25, 0.3) is 0 Å². The van der Waals surface area contributed by atoms with Crippen molar-refractivity contribution in [3.63, 3.8) is 0 Å². The van der Waals surface area contributed by atoms with Crippen molar-refractivity contribution in [3.8, 4) is 0 Å². The third-order valence-corrected chi connectivity index (χ3v) is 9.11. The number of amides is 2. The highest BCUT2D eigenvalue weighted by atomic mass is 32.2. The van der Waals surface area contributed by atoms with Crippen molar-refractivity contribution in [3.05, 3.63) is 54.2 Å². The SMILES string of the molecule is CC(C)CC(=O)N1CCCN(c2ccccn2)CCN(C(=O)CC2CCN(S(C)(=O)=O)CC2)Cc2ccccc21. The standard InChI is InChI=1S/C30H43N5O4S/c1-24(2)21-30(37)35-16-8-15-32(28-11-6-7-14-31-28)19-20-33(23-26-9-4-5-10-27(26)35)29(36)22-25-12-17-34(18-13-25)40(3,38)39/h4-7,9-11,14,24-25H,8,12-13,15-23H2,1-3H3. The number of pyridine rings is 1. The molecule has 0 bridgehead atoms. The van der Waals surface area contributed by atoms with Crippen LogP contribution in [0.3, 0.4) is 0 Å². The fourth-order valence-electron chi connectivity index (χ4n) is 5.61. The summed E-state index contributed by atoms with van der Waals surface area (Å²) in [4.78, 5) is 37.8. The summed E-state index contributed by atoms with van der Waals surface area (Å²) < 4.78 is 25.4. The average molecular weight is 570 g/mol. The lowest BCUT2D eigenvalue weighted by Crippen LogP contribution is -2.41. The van der Waals surface area contributed by atoms with Crippen LogP contribution in [0.4, 0.5) is 11.5 Å². The average Bonchev–Trinajstić information content (AvgIpc) is 2.95. The Labute approximate surface area is 239 Å². The van der Waals surface area contributed by atoms with Crippen LogP contribution in [0.1, 0.15) is 51.5 Å². The number of aromatic nitrogens is 1. The Balaban J connectivity index is 1.59. The van der Waals surface area contributed by atoms with Crippen molar-refractivity contribution in [2.45, 2.75) is 52.5 Å². The van der Waals surface area contributed by atoms with Gasteiger partial charge >= 0.3 is 0 Å². The predicted octanol–water partition coefficient (Wildman–Crippen LogP) is 3.76. The first kappa shape index (κ1) is 30.0. The molecule has 218 valence electrons. The Morgan fingerprint density at radius 3 is 2.33 bits per heavy atom. The number of anilines is 2. The zero-order valence-electron chi connectivity index (χ0n) is 24.0. The van der Waals surface area contributed by atoms with Crippen molar-refractivity contribution < 1.29 is 18.0 Å². The Morgan fingerprint density at radius 2 is 1.65 bits per heavy atom. The van der Waals surface area contributed by atoms with Crippen LogP contribution in [0.15, 0.2) is 48.7 Å². The molecule has 1 aromatic heterocycles. The van der Waals surface area contributed by atoms with Crippen molar-refractivity contribution in [1.82, 2.24) is 14.2 Å². The third-order valence-electron chi connectivity index (χ3n) is 7.81. The van der Waals surface area contributed by atoms with Crippen molar-refractivity contribution in [2.75, 3.05) is 55.3 Å². The van der Waals surface area contributed by atoms with E-state index < -0.39 is 10.0 Å². The first-order valence-corrected chi connectivity index (χ1v) is 16.2.